The largest absolute Gasteiger partial charge is 0.461 e. The Kier molecular flexibility index (Phi) is 3.93. The van der Waals surface area contributed by atoms with Crippen molar-refractivity contribution in [2.45, 2.75) is 40.2 Å². The van der Waals surface area contributed by atoms with E-state index in [0.29, 0.717) is 12.0 Å². The minimum Gasteiger partial charge on any atom is -0.461 e. The zero-order chi connectivity index (χ0) is 18.6. The molecule has 2 bridgehead atoms. The van der Waals surface area contributed by atoms with Crippen molar-refractivity contribution in [3.05, 3.63) is 47.3 Å². The molecule has 1 aromatic rings. The van der Waals surface area contributed by atoms with Gasteiger partial charge in [-0.05, 0) is 42.9 Å². The van der Waals surface area contributed by atoms with Crippen LogP contribution in [0.1, 0.15) is 44.5 Å². The van der Waals surface area contributed by atoms with Crippen molar-refractivity contribution in [2.24, 2.45) is 16.7 Å². The summed E-state index contributed by atoms with van der Waals surface area (Å²) in [6.45, 7) is 7.02. The number of carbonyl (C=O) groups is 3. The smallest absolute Gasteiger partial charge is 0.302 e. The number of allylic oxidation sites excluding steroid dienone is 2. The highest BCUT2D eigenvalue weighted by Crippen LogP contribution is 2.66. The van der Waals surface area contributed by atoms with Gasteiger partial charge in [0.2, 0.25) is 0 Å². The number of esters is 1. The first kappa shape index (κ1) is 17.5. The minimum absolute atomic E-state index is 0.0509. The number of carbonyl (C=O) groups excluding carboxylic acids is 3. The number of rotatable bonds is 3. The molecule has 2 saturated carbocycles. The number of hydrogen-bond acceptors (Lipinski definition) is 4. The molecule has 4 nitrogen and oxygen atoms in total. The average Bonchev–Trinajstić information content (AvgIpc) is 2.79. The standard InChI is InChI=1S/C20H21FO4/c1-11(22)25-17-10-14-13(18(24)20(17,4)19(14,2)3)9-16(23)12-7-5-6-8-15(12)21/h5-9,14,17H,10H2,1-4H3/t14-,17+,20+/m1/s1. The van der Waals surface area contributed by atoms with Crippen LogP contribution in [-0.4, -0.2) is 23.6 Å². The van der Waals surface area contributed by atoms with Gasteiger partial charge in [-0.1, -0.05) is 26.0 Å². The first-order valence-corrected chi connectivity index (χ1v) is 8.33. The van der Waals surface area contributed by atoms with Gasteiger partial charge in [0.15, 0.2) is 11.6 Å². The summed E-state index contributed by atoms with van der Waals surface area (Å²) in [7, 11) is 0. The van der Waals surface area contributed by atoms with Gasteiger partial charge in [-0.25, -0.2) is 4.39 Å². The Bertz CT molecular complexity index is 808. The van der Waals surface area contributed by atoms with E-state index in [9.17, 15) is 18.8 Å². The van der Waals surface area contributed by atoms with Gasteiger partial charge in [0.1, 0.15) is 11.9 Å². The molecule has 5 heteroatoms. The summed E-state index contributed by atoms with van der Waals surface area (Å²) in [5.41, 5.74) is -0.981. The summed E-state index contributed by atoms with van der Waals surface area (Å²) in [4.78, 5) is 36.9. The Labute approximate surface area is 146 Å². The lowest BCUT2D eigenvalue weighted by atomic mass is 9.69. The molecule has 0 spiro atoms. The molecule has 1 aromatic carbocycles. The van der Waals surface area contributed by atoms with Crippen LogP contribution in [-0.2, 0) is 14.3 Å². The highest BCUT2D eigenvalue weighted by molar-refractivity contribution is 6.13. The number of halogens is 1. The van der Waals surface area contributed by atoms with E-state index in [1.165, 1.54) is 31.2 Å². The molecule has 0 aliphatic heterocycles. The molecule has 0 aromatic heterocycles. The number of hydrogen-bond donors (Lipinski definition) is 0. The monoisotopic (exact) mass is 344 g/mol. The molecule has 2 aliphatic carbocycles. The van der Waals surface area contributed by atoms with Gasteiger partial charge in [0.25, 0.3) is 0 Å². The molecule has 0 radical (unpaired) electrons. The van der Waals surface area contributed by atoms with Gasteiger partial charge in [-0.3, -0.25) is 14.4 Å². The average molecular weight is 344 g/mol. The molecular formula is C20H21FO4. The van der Waals surface area contributed by atoms with Crippen molar-refractivity contribution >= 4 is 17.5 Å². The van der Waals surface area contributed by atoms with E-state index in [-0.39, 0.29) is 17.3 Å². The van der Waals surface area contributed by atoms with Crippen LogP contribution >= 0.6 is 0 Å². The fraction of sp³-hybridized carbons (Fsp3) is 0.450. The second-order valence-electron chi connectivity index (χ2n) is 7.58. The van der Waals surface area contributed by atoms with Crippen LogP contribution in [0.5, 0.6) is 0 Å². The first-order valence-electron chi connectivity index (χ1n) is 8.33. The molecule has 3 atom stereocenters. The van der Waals surface area contributed by atoms with Crippen LogP contribution < -0.4 is 0 Å². The summed E-state index contributed by atoms with van der Waals surface area (Å²) in [5.74, 6) is -1.94. The third kappa shape index (κ3) is 2.36. The lowest BCUT2D eigenvalue weighted by Crippen LogP contribution is -2.44. The number of benzene rings is 1. The molecular weight excluding hydrogens is 323 g/mol. The predicted octanol–water partition coefficient (Wildman–Crippen LogP) is 3.50. The Morgan fingerprint density at radius 2 is 1.88 bits per heavy atom. The van der Waals surface area contributed by atoms with Crippen molar-refractivity contribution in [1.29, 1.82) is 0 Å². The molecule has 2 fully saturated rings. The van der Waals surface area contributed by atoms with Gasteiger partial charge in [-0.15, -0.1) is 0 Å². The van der Waals surface area contributed by atoms with Gasteiger partial charge in [-0.2, -0.15) is 0 Å². The second kappa shape index (κ2) is 5.61. The molecule has 2 aliphatic rings. The lowest BCUT2D eigenvalue weighted by molar-refractivity contribution is -0.157. The van der Waals surface area contributed by atoms with E-state index < -0.39 is 34.5 Å². The molecule has 3 rings (SSSR count). The van der Waals surface area contributed by atoms with E-state index in [1.807, 2.05) is 13.8 Å². The third-order valence-corrected chi connectivity index (χ3v) is 6.15. The highest BCUT2D eigenvalue weighted by atomic mass is 19.1. The van der Waals surface area contributed by atoms with E-state index in [2.05, 4.69) is 0 Å². The first-order chi connectivity index (χ1) is 11.6. The normalized spacial score (nSPS) is 31.4. The van der Waals surface area contributed by atoms with Gasteiger partial charge in [0.05, 0.1) is 11.0 Å². The number of Topliss-reactive ketones (excluding diaryl/α,β-unsaturated/α-hetero) is 1. The maximum absolute atomic E-state index is 13.8. The van der Waals surface area contributed by atoms with Gasteiger partial charge >= 0.3 is 5.97 Å². The zero-order valence-electron chi connectivity index (χ0n) is 14.8. The molecule has 132 valence electrons. The summed E-state index contributed by atoms with van der Waals surface area (Å²) in [6, 6.07) is 5.71. The Morgan fingerprint density at radius 3 is 2.44 bits per heavy atom. The zero-order valence-corrected chi connectivity index (χ0v) is 14.8. The molecule has 0 unspecified atom stereocenters. The minimum atomic E-state index is -0.884. The molecule has 0 N–H and O–H groups in total. The topological polar surface area (TPSA) is 60.4 Å². The number of ether oxygens (including phenoxy) is 1. The number of ketones is 2. The van der Waals surface area contributed by atoms with Crippen molar-refractivity contribution in [3.8, 4) is 0 Å². The molecule has 25 heavy (non-hydrogen) atoms. The van der Waals surface area contributed by atoms with E-state index >= 15 is 0 Å². The van der Waals surface area contributed by atoms with Crippen LogP contribution in [0.3, 0.4) is 0 Å². The van der Waals surface area contributed by atoms with Crippen molar-refractivity contribution in [3.63, 3.8) is 0 Å². The highest BCUT2D eigenvalue weighted by Gasteiger charge is 2.70. The van der Waals surface area contributed by atoms with Crippen LogP contribution in [0.25, 0.3) is 0 Å². The van der Waals surface area contributed by atoms with E-state index in [0.717, 1.165) is 0 Å². The summed E-state index contributed by atoms with van der Waals surface area (Å²) < 4.78 is 19.2. The van der Waals surface area contributed by atoms with Crippen molar-refractivity contribution < 1.29 is 23.5 Å². The maximum atomic E-state index is 13.8. The predicted molar refractivity (Wildman–Crippen MR) is 89.4 cm³/mol. The Hall–Kier alpha value is -2.30. The number of fused-ring (bicyclic) bond motifs is 2. The SMILES string of the molecule is CC(=O)O[C@H]1C[C@@H]2C(=CC(=O)c3ccccc3F)C(=O)[C@@]1(C)C2(C)C. The Balaban J connectivity index is 1.99. The van der Waals surface area contributed by atoms with E-state index in [1.54, 1.807) is 13.0 Å². The van der Waals surface area contributed by atoms with Crippen LogP contribution in [0.15, 0.2) is 35.9 Å². The summed E-state index contributed by atoms with van der Waals surface area (Å²) in [5, 5.41) is 0. The van der Waals surface area contributed by atoms with Crippen LogP contribution in [0, 0.1) is 22.6 Å². The second-order valence-corrected chi connectivity index (χ2v) is 7.58. The molecule has 0 heterocycles. The third-order valence-electron chi connectivity index (χ3n) is 6.15. The van der Waals surface area contributed by atoms with Crippen molar-refractivity contribution in [2.75, 3.05) is 0 Å². The fourth-order valence-corrected chi connectivity index (χ4v) is 4.35. The van der Waals surface area contributed by atoms with Crippen LogP contribution in [0.2, 0.25) is 0 Å². The summed E-state index contributed by atoms with van der Waals surface area (Å²) >= 11 is 0. The molecule has 0 saturated heterocycles. The molecule has 0 amide bonds. The fourth-order valence-electron chi connectivity index (χ4n) is 4.35. The summed E-state index contributed by atoms with van der Waals surface area (Å²) in [6.07, 6.45) is 1.26. The van der Waals surface area contributed by atoms with Gasteiger partial charge < -0.3 is 4.74 Å². The quantitative estimate of drug-likeness (QED) is 0.478. The van der Waals surface area contributed by atoms with Crippen LogP contribution in [0.4, 0.5) is 4.39 Å². The van der Waals surface area contributed by atoms with E-state index in [4.69, 9.17) is 4.74 Å². The maximum Gasteiger partial charge on any atom is 0.302 e. The Morgan fingerprint density at radius 1 is 1.24 bits per heavy atom. The van der Waals surface area contributed by atoms with Gasteiger partial charge in [0, 0.05) is 12.5 Å². The van der Waals surface area contributed by atoms with Crippen molar-refractivity contribution in [1.82, 2.24) is 0 Å². The lowest BCUT2D eigenvalue weighted by Gasteiger charge is -2.36.